The maximum atomic E-state index is 11.6. The molecule has 2 aromatic heterocycles. The first-order valence-corrected chi connectivity index (χ1v) is 8.85. The molecule has 0 saturated carbocycles. The lowest BCUT2D eigenvalue weighted by Crippen LogP contribution is -2.22. The molecule has 6 nitrogen and oxygen atoms in total. The van der Waals surface area contributed by atoms with E-state index in [1.807, 2.05) is 50.4 Å². The number of Topliss-reactive ketones (excluding diaryl/α,β-unsaturated/α-hetero) is 1. The fourth-order valence-corrected chi connectivity index (χ4v) is 2.74. The highest BCUT2D eigenvalue weighted by atomic mass is 16.1. The molecule has 27 heavy (non-hydrogen) atoms. The van der Waals surface area contributed by atoms with Crippen LogP contribution in [0.25, 0.3) is 0 Å². The highest BCUT2D eigenvalue weighted by Gasteiger charge is 2.08. The Bertz CT molecular complexity index is 927. The van der Waals surface area contributed by atoms with Gasteiger partial charge in [0.2, 0.25) is 0 Å². The number of pyridine rings is 1. The van der Waals surface area contributed by atoms with Crippen LogP contribution in [0.15, 0.2) is 54.9 Å². The zero-order valence-electron chi connectivity index (χ0n) is 15.8. The second-order valence-corrected chi connectivity index (χ2v) is 6.45. The van der Waals surface area contributed by atoms with Crippen molar-refractivity contribution in [3.63, 3.8) is 0 Å². The summed E-state index contributed by atoms with van der Waals surface area (Å²) in [6, 6.07) is 13.4. The second kappa shape index (κ2) is 8.40. The third kappa shape index (κ3) is 5.10. The topological polar surface area (TPSA) is 71.0 Å². The summed E-state index contributed by atoms with van der Waals surface area (Å²) >= 11 is 0. The molecule has 2 heterocycles. The number of nitrogens with zero attached hydrogens (tertiary/aromatic N) is 4. The molecule has 0 spiro atoms. The summed E-state index contributed by atoms with van der Waals surface area (Å²) in [6.45, 7) is 4.26. The molecular weight excluding hydrogens is 338 g/mol. The SMILES string of the molecule is CC(=O)c1cccc(Nc2cc(N(C)CCc3ccncc3)nc(C)n2)c1. The van der Waals surface area contributed by atoms with Crippen molar-refractivity contribution in [2.24, 2.45) is 0 Å². The van der Waals surface area contributed by atoms with Crippen LogP contribution in [0.3, 0.4) is 0 Å². The number of ketones is 1. The van der Waals surface area contributed by atoms with Crippen molar-refractivity contribution in [3.05, 3.63) is 71.8 Å². The van der Waals surface area contributed by atoms with Crippen molar-refractivity contribution in [2.45, 2.75) is 20.3 Å². The molecule has 0 amide bonds. The van der Waals surface area contributed by atoms with Crippen molar-refractivity contribution in [2.75, 3.05) is 23.8 Å². The van der Waals surface area contributed by atoms with E-state index >= 15 is 0 Å². The molecule has 0 aliphatic carbocycles. The smallest absolute Gasteiger partial charge is 0.159 e. The van der Waals surface area contributed by atoms with E-state index in [1.165, 1.54) is 5.56 Å². The van der Waals surface area contributed by atoms with Gasteiger partial charge in [-0.1, -0.05) is 12.1 Å². The van der Waals surface area contributed by atoms with Crippen LogP contribution in [0.5, 0.6) is 0 Å². The summed E-state index contributed by atoms with van der Waals surface area (Å²) in [6.07, 6.45) is 4.52. The van der Waals surface area contributed by atoms with E-state index in [0.29, 0.717) is 17.2 Å². The minimum Gasteiger partial charge on any atom is -0.359 e. The Hall–Kier alpha value is -3.28. The van der Waals surface area contributed by atoms with E-state index < -0.39 is 0 Å². The number of carbonyl (C=O) groups is 1. The van der Waals surface area contributed by atoms with Gasteiger partial charge in [0, 0.05) is 43.3 Å². The van der Waals surface area contributed by atoms with E-state index in [0.717, 1.165) is 24.5 Å². The lowest BCUT2D eigenvalue weighted by Gasteiger charge is -2.19. The normalized spacial score (nSPS) is 10.5. The van der Waals surface area contributed by atoms with Crippen molar-refractivity contribution in [1.29, 1.82) is 0 Å². The van der Waals surface area contributed by atoms with Gasteiger partial charge in [-0.2, -0.15) is 0 Å². The molecule has 1 N–H and O–H groups in total. The molecule has 0 aliphatic rings. The van der Waals surface area contributed by atoms with Gasteiger partial charge in [-0.15, -0.1) is 0 Å². The van der Waals surface area contributed by atoms with E-state index in [9.17, 15) is 4.79 Å². The van der Waals surface area contributed by atoms with Crippen LogP contribution >= 0.6 is 0 Å². The standard InChI is InChI=1S/C21H23N5O/c1-15(27)18-5-4-6-19(13-18)25-20-14-21(24-16(2)23-20)26(3)12-9-17-7-10-22-11-8-17/h4-8,10-11,13-14H,9,12H2,1-3H3,(H,23,24,25). The molecule has 3 rings (SSSR count). The molecular formula is C21H23N5O. The molecule has 6 heteroatoms. The van der Waals surface area contributed by atoms with E-state index in [4.69, 9.17) is 0 Å². The van der Waals surface area contributed by atoms with Crippen LogP contribution < -0.4 is 10.2 Å². The summed E-state index contributed by atoms with van der Waals surface area (Å²) in [5, 5.41) is 3.27. The van der Waals surface area contributed by atoms with Crippen molar-refractivity contribution in [1.82, 2.24) is 15.0 Å². The van der Waals surface area contributed by atoms with Gasteiger partial charge in [-0.25, -0.2) is 9.97 Å². The first-order valence-electron chi connectivity index (χ1n) is 8.85. The molecule has 1 aromatic carbocycles. The summed E-state index contributed by atoms with van der Waals surface area (Å²) < 4.78 is 0. The van der Waals surface area contributed by atoms with Crippen LogP contribution in [-0.2, 0) is 6.42 Å². The van der Waals surface area contributed by atoms with Crippen LogP contribution in [0.4, 0.5) is 17.3 Å². The number of likely N-dealkylation sites (N-methyl/N-ethyl adjacent to an activating group) is 1. The number of benzene rings is 1. The third-order valence-corrected chi connectivity index (χ3v) is 4.24. The Balaban J connectivity index is 1.73. The zero-order chi connectivity index (χ0) is 19.2. The third-order valence-electron chi connectivity index (χ3n) is 4.24. The second-order valence-electron chi connectivity index (χ2n) is 6.45. The summed E-state index contributed by atoms with van der Waals surface area (Å²) in [7, 11) is 2.02. The Labute approximate surface area is 159 Å². The zero-order valence-corrected chi connectivity index (χ0v) is 15.8. The van der Waals surface area contributed by atoms with E-state index in [-0.39, 0.29) is 5.78 Å². The van der Waals surface area contributed by atoms with Crippen molar-refractivity contribution >= 4 is 23.1 Å². The summed E-state index contributed by atoms with van der Waals surface area (Å²) in [5.74, 6) is 2.28. The first kappa shape index (κ1) is 18.5. The fraction of sp³-hybridized carbons (Fsp3) is 0.238. The lowest BCUT2D eigenvalue weighted by atomic mass is 10.1. The number of anilines is 3. The van der Waals surface area contributed by atoms with Crippen LogP contribution in [0.1, 0.15) is 28.7 Å². The van der Waals surface area contributed by atoms with E-state index in [2.05, 4.69) is 25.2 Å². The van der Waals surface area contributed by atoms with E-state index in [1.54, 1.807) is 25.4 Å². The highest BCUT2D eigenvalue weighted by Crippen LogP contribution is 2.20. The average molecular weight is 361 g/mol. The minimum absolute atomic E-state index is 0.0362. The van der Waals surface area contributed by atoms with Gasteiger partial charge in [0.15, 0.2) is 5.78 Å². The number of rotatable bonds is 7. The van der Waals surface area contributed by atoms with Crippen LogP contribution in [-0.4, -0.2) is 34.3 Å². The number of nitrogens with one attached hydrogen (secondary N) is 1. The Kier molecular flexibility index (Phi) is 5.76. The minimum atomic E-state index is 0.0362. The van der Waals surface area contributed by atoms with Gasteiger partial charge in [0.05, 0.1) is 0 Å². The summed E-state index contributed by atoms with van der Waals surface area (Å²) in [5.41, 5.74) is 2.73. The highest BCUT2D eigenvalue weighted by molar-refractivity contribution is 5.95. The molecule has 0 fully saturated rings. The molecule has 3 aromatic rings. The number of carbonyl (C=O) groups excluding carboxylic acids is 1. The maximum absolute atomic E-state index is 11.6. The maximum Gasteiger partial charge on any atom is 0.159 e. The fourth-order valence-electron chi connectivity index (χ4n) is 2.74. The van der Waals surface area contributed by atoms with Gasteiger partial charge in [0.1, 0.15) is 17.5 Å². The average Bonchev–Trinajstić information content (AvgIpc) is 2.66. The monoisotopic (exact) mass is 361 g/mol. The Morgan fingerprint density at radius 1 is 1.11 bits per heavy atom. The van der Waals surface area contributed by atoms with Crippen molar-refractivity contribution < 1.29 is 4.79 Å². The van der Waals surface area contributed by atoms with Gasteiger partial charge in [0.25, 0.3) is 0 Å². The van der Waals surface area contributed by atoms with Gasteiger partial charge in [-0.3, -0.25) is 9.78 Å². The molecule has 0 radical (unpaired) electrons. The Morgan fingerprint density at radius 3 is 2.63 bits per heavy atom. The molecule has 0 unspecified atom stereocenters. The molecule has 0 aliphatic heterocycles. The molecule has 138 valence electrons. The van der Waals surface area contributed by atoms with Crippen LogP contribution in [0, 0.1) is 6.92 Å². The van der Waals surface area contributed by atoms with Crippen molar-refractivity contribution in [3.8, 4) is 0 Å². The van der Waals surface area contributed by atoms with Gasteiger partial charge < -0.3 is 10.2 Å². The quantitative estimate of drug-likeness (QED) is 0.645. The number of aryl methyl sites for hydroxylation is 1. The lowest BCUT2D eigenvalue weighted by molar-refractivity contribution is 0.101. The largest absolute Gasteiger partial charge is 0.359 e. The molecule has 0 bridgehead atoms. The Morgan fingerprint density at radius 2 is 1.89 bits per heavy atom. The number of hydrogen-bond donors (Lipinski definition) is 1. The van der Waals surface area contributed by atoms with Gasteiger partial charge in [-0.05, 0) is 50.1 Å². The predicted molar refractivity (Wildman–Crippen MR) is 108 cm³/mol. The predicted octanol–water partition coefficient (Wildman–Crippen LogP) is 3.81. The summed E-state index contributed by atoms with van der Waals surface area (Å²) in [4.78, 5) is 26.7. The first-order chi connectivity index (χ1) is 13.0. The number of aromatic nitrogens is 3. The number of hydrogen-bond acceptors (Lipinski definition) is 6. The van der Waals surface area contributed by atoms with Gasteiger partial charge >= 0.3 is 0 Å². The molecule has 0 atom stereocenters. The van der Waals surface area contributed by atoms with Crippen LogP contribution in [0.2, 0.25) is 0 Å². The molecule has 0 saturated heterocycles.